The van der Waals surface area contributed by atoms with E-state index < -0.39 is 0 Å². The lowest BCUT2D eigenvalue weighted by atomic mass is 10.2. The number of carbonyl (C=O) groups is 1. The Balaban J connectivity index is 1.84. The molecule has 110 valence electrons. The van der Waals surface area contributed by atoms with E-state index >= 15 is 0 Å². The SMILES string of the molecule is Cc1ccc(N)cc1NC(=O)CCSc1cccc(F)c1. The van der Waals surface area contributed by atoms with Crippen LogP contribution in [-0.2, 0) is 4.79 Å². The van der Waals surface area contributed by atoms with Gasteiger partial charge < -0.3 is 11.1 Å². The highest BCUT2D eigenvalue weighted by Gasteiger charge is 2.06. The number of amides is 1. The van der Waals surface area contributed by atoms with Crippen LogP contribution in [0, 0.1) is 12.7 Å². The molecule has 0 saturated heterocycles. The second-order valence-electron chi connectivity index (χ2n) is 4.68. The first-order valence-corrected chi connectivity index (χ1v) is 7.57. The molecule has 1 amide bonds. The standard InChI is InChI=1S/C16H17FN2OS/c1-11-5-6-13(18)10-15(11)19-16(20)7-8-21-14-4-2-3-12(17)9-14/h2-6,9-10H,7-8,18H2,1H3,(H,19,20). The molecule has 5 heteroatoms. The molecule has 0 spiro atoms. The summed E-state index contributed by atoms with van der Waals surface area (Å²) in [5, 5.41) is 2.84. The van der Waals surface area contributed by atoms with Crippen LogP contribution >= 0.6 is 11.8 Å². The third-order valence-corrected chi connectivity index (χ3v) is 3.93. The maximum atomic E-state index is 13.0. The number of carbonyl (C=O) groups excluding carboxylic acids is 1. The van der Waals surface area contributed by atoms with Gasteiger partial charge in [0.1, 0.15) is 5.82 Å². The third-order valence-electron chi connectivity index (χ3n) is 2.93. The van der Waals surface area contributed by atoms with Crippen molar-refractivity contribution in [1.82, 2.24) is 0 Å². The molecule has 2 aromatic carbocycles. The van der Waals surface area contributed by atoms with Gasteiger partial charge in [-0.05, 0) is 42.8 Å². The van der Waals surface area contributed by atoms with Gasteiger partial charge in [-0.2, -0.15) is 0 Å². The van der Waals surface area contributed by atoms with Crippen LogP contribution in [-0.4, -0.2) is 11.7 Å². The summed E-state index contributed by atoms with van der Waals surface area (Å²) in [5.41, 5.74) is 8.02. The number of anilines is 2. The molecule has 0 fully saturated rings. The zero-order chi connectivity index (χ0) is 15.2. The molecule has 2 aromatic rings. The number of nitrogens with one attached hydrogen (secondary N) is 1. The molecule has 0 saturated carbocycles. The second-order valence-corrected chi connectivity index (χ2v) is 5.85. The minimum atomic E-state index is -0.264. The molecule has 0 aliphatic rings. The predicted molar refractivity (Wildman–Crippen MR) is 86.0 cm³/mol. The lowest BCUT2D eigenvalue weighted by Gasteiger charge is -2.09. The summed E-state index contributed by atoms with van der Waals surface area (Å²) < 4.78 is 13.0. The van der Waals surface area contributed by atoms with Crippen molar-refractivity contribution in [1.29, 1.82) is 0 Å². The zero-order valence-electron chi connectivity index (χ0n) is 11.7. The van der Waals surface area contributed by atoms with Gasteiger partial charge in [0.2, 0.25) is 5.91 Å². The van der Waals surface area contributed by atoms with Crippen molar-refractivity contribution in [2.75, 3.05) is 16.8 Å². The molecule has 0 heterocycles. The first kappa shape index (κ1) is 15.4. The molecule has 0 radical (unpaired) electrons. The molecule has 3 N–H and O–H groups in total. The number of nitrogens with two attached hydrogens (primary N) is 1. The van der Waals surface area contributed by atoms with Gasteiger partial charge in [-0.15, -0.1) is 11.8 Å². The minimum Gasteiger partial charge on any atom is -0.399 e. The van der Waals surface area contributed by atoms with E-state index in [4.69, 9.17) is 5.73 Å². The molecule has 0 bridgehead atoms. The molecule has 0 unspecified atom stereocenters. The fourth-order valence-corrected chi connectivity index (χ4v) is 2.70. The van der Waals surface area contributed by atoms with Crippen LogP contribution in [0.2, 0.25) is 0 Å². The maximum absolute atomic E-state index is 13.0. The number of thioether (sulfide) groups is 1. The van der Waals surface area contributed by atoms with E-state index in [1.165, 1.54) is 23.9 Å². The molecule has 21 heavy (non-hydrogen) atoms. The number of nitrogen functional groups attached to an aromatic ring is 1. The van der Waals surface area contributed by atoms with Crippen molar-refractivity contribution in [3.63, 3.8) is 0 Å². The van der Waals surface area contributed by atoms with Crippen molar-refractivity contribution in [2.45, 2.75) is 18.2 Å². The van der Waals surface area contributed by atoms with Gasteiger partial charge in [0.05, 0.1) is 0 Å². The summed E-state index contributed by atoms with van der Waals surface area (Å²) in [5.74, 6) is 0.254. The Morgan fingerprint density at radius 3 is 2.86 bits per heavy atom. The fraction of sp³-hybridized carbons (Fsp3) is 0.188. The van der Waals surface area contributed by atoms with E-state index in [-0.39, 0.29) is 11.7 Å². The number of halogens is 1. The van der Waals surface area contributed by atoms with Crippen LogP contribution < -0.4 is 11.1 Å². The van der Waals surface area contributed by atoms with Crippen LogP contribution in [0.5, 0.6) is 0 Å². The largest absolute Gasteiger partial charge is 0.399 e. The highest BCUT2D eigenvalue weighted by atomic mass is 32.2. The van der Waals surface area contributed by atoms with Crippen LogP contribution in [0.4, 0.5) is 15.8 Å². The molecule has 0 aliphatic carbocycles. The number of hydrogen-bond donors (Lipinski definition) is 2. The topological polar surface area (TPSA) is 55.1 Å². The van der Waals surface area contributed by atoms with Gasteiger partial charge in [-0.3, -0.25) is 4.79 Å². The van der Waals surface area contributed by atoms with Gasteiger partial charge in [0.25, 0.3) is 0 Å². The van der Waals surface area contributed by atoms with Crippen molar-refractivity contribution < 1.29 is 9.18 Å². The summed E-state index contributed by atoms with van der Waals surface area (Å²) in [6.07, 6.45) is 0.357. The van der Waals surface area contributed by atoms with Crippen LogP contribution in [0.3, 0.4) is 0 Å². The maximum Gasteiger partial charge on any atom is 0.225 e. The van der Waals surface area contributed by atoms with Gasteiger partial charge in [-0.1, -0.05) is 12.1 Å². The van der Waals surface area contributed by atoms with E-state index in [0.29, 0.717) is 17.9 Å². The van der Waals surface area contributed by atoms with Gasteiger partial charge in [0, 0.05) is 28.4 Å². The van der Waals surface area contributed by atoms with Crippen molar-refractivity contribution in [2.24, 2.45) is 0 Å². The van der Waals surface area contributed by atoms with Crippen molar-refractivity contribution in [3.05, 3.63) is 53.8 Å². The lowest BCUT2D eigenvalue weighted by molar-refractivity contribution is -0.115. The van der Waals surface area contributed by atoms with E-state index in [9.17, 15) is 9.18 Å². The van der Waals surface area contributed by atoms with Crippen LogP contribution in [0.15, 0.2) is 47.4 Å². The fourth-order valence-electron chi connectivity index (χ4n) is 1.81. The Morgan fingerprint density at radius 2 is 2.10 bits per heavy atom. The van der Waals surface area contributed by atoms with Crippen LogP contribution in [0.25, 0.3) is 0 Å². The summed E-state index contributed by atoms with van der Waals surface area (Å²) >= 11 is 1.46. The first-order chi connectivity index (χ1) is 10.0. The normalized spacial score (nSPS) is 10.4. The van der Waals surface area contributed by atoms with Gasteiger partial charge >= 0.3 is 0 Å². The van der Waals surface area contributed by atoms with Gasteiger partial charge in [0.15, 0.2) is 0 Å². The lowest BCUT2D eigenvalue weighted by Crippen LogP contribution is -2.13. The summed E-state index contributed by atoms with van der Waals surface area (Å²) in [4.78, 5) is 12.7. The van der Waals surface area contributed by atoms with E-state index in [1.54, 1.807) is 18.2 Å². The molecule has 0 atom stereocenters. The summed E-state index contributed by atoms with van der Waals surface area (Å²) in [7, 11) is 0. The molecule has 2 rings (SSSR count). The Hall–Kier alpha value is -2.01. The smallest absolute Gasteiger partial charge is 0.225 e. The molecule has 0 aromatic heterocycles. The molecular formula is C16H17FN2OS. The third kappa shape index (κ3) is 4.79. The monoisotopic (exact) mass is 304 g/mol. The summed E-state index contributed by atoms with van der Waals surface area (Å²) in [6.45, 7) is 1.91. The number of aryl methyl sites for hydroxylation is 1. The Bertz CT molecular complexity index is 646. The van der Waals surface area contributed by atoms with Crippen LogP contribution in [0.1, 0.15) is 12.0 Å². The highest BCUT2D eigenvalue weighted by molar-refractivity contribution is 7.99. The number of hydrogen-bond acceptors (Lipinski definition) is 3. The average molecular weight is 304 g/mol. The first-order valence-electron chi connectivity index (χ1n) is 6.59. The highest BCUT2D eigenvalue weighted by Crippen LogP contribution is 2.21. The quantitative estimate of drug-likeness (QED) is 0.652. The number of rotatable bonds is 5. The minimum absolute atomic E-state index is 0.0763. The summed E-state index contributed by atoms with van der Waals surface area (Å²) in [6, 6.07) is 11.8. The zero-order valence-corrected chi connectivity index (χ0v) is 12.5. The van der Waals surface area contributed by atoms with Crippen molar-refractivity contribution in [3.8, 4) is 0 Å². The molecular weight excluding hydrogens is 287 g/mol. The number of benzene rings is 2. The molecule has 0 aliphatic heterocycles. The Labute approximate surface area is 127 Å². The van der Waals surface area contributed by atoms with E-state index in [1.807, 2.05) is 19.1 Å². The Kier molecular flexibility index (Phi) is 5.22. The second kappa shape index (κ2) is 7.13. The van der Waals surface area contributed by atoms with Gasteiger partial charge in [-0.25, -0.2) is 4.39 Å². The van der Waals surface area contributed by atoms with E-state index in [0.717, 1.165) is 16.1 Å². The Morgan fingerprint density at radius 1 is 1.29 bits per heavy atom. The molecule has 3 nitrogen and oxygen atoms in total. The average Bonchev–Trinajstić information content (AvgIpc) is 2.43. The predicted octanol–water partition coefficient (Wildman–Crippen LogP) is 3.84. The van der Waals surface area contributed by atoms with Crippen molar-refractivity contribution >= 4 is 29.0 Å². The van der Waals surface area contributed by atoms with E-state index in [2.05, 4.69) is 5.32 Å².